The average molecular weight is 629 g/mol. The van der Waals surface area contributed by atoms with Crippen LogP contribution >= 0.6 is 0 Å². The van der Waals surface area contributed by atoms with Gasteiger partial charge in [-0.3, -0.25) is 9.69 Å². The highest BCUT2D eigenvalue weighted by atomic mass is 16.7. The largest absolute Gasteiger partial charge is 0.456 e. The van der Waals surface area contributed by atoms with E-state index in [0.717, 1.165) is 51.5 Å². The van der Waals surface area contributed by atoms with E-state index in [2.05, 4.69) is 46.6 Å². The van der Waals surface area contributed by atoms with Gasteiger partial charge in [0.25, 0.3) is 0 Å². The molecule has 2 saturated heterocycles. The van der Waals surface area contributed by atoms with Gasteiger partial charge in [-0.15, -0.1) is 0 Å². The number of hydrogen-bond donors (Lipinski definition) is 2. The number of aliphatic hydroxyl groups excluding tert-OH is 1. The summed E-state index contributed by atoms with van der Waals surface area (Å²) in [4.78, 5) is 14.3. The lowest BCUT2D eigenvalue weighted by Crippen LogP contribution is -2.59. The number of aliphatic hydroxyl groups is 2. The molecular weight excluding hydrogens is 570 g/mol. The molecule has 7 rings (SSSR count). The lowest BCUT2D eigenvalue weighted by molar-refractivity contribution is -0.241. The van der Waals surface area contributed by atoms with Gasteiger partial charge in [-0.1, -0.05) is 34.6 Å². The first-order valence-electron chi connectivity index (χ1n) is 17.7. The normalized spacial score (nSPS) is 49.2. The SMILES string of the molecule is CC(=O)O[C@@H]([C]1C[C@@H](C)[C@H]2[C](O1)[C@H](O)[C@@]1(C)[C]3CC[C@H]4C(C)(C)C(O[C@H]5CN(C)CCO5)CC[C@@]45C[C@@]35CC[C@]21C)C(C)(C)O. The molecule has 0 aromatic heterocycles. The lowest BCUT2D eigenvalue weighted by Gasteiger charge is -2.63. The van der Waals surface area contributed by atoms with Crippen LogP contribution in [0.5, 0.6) is 0 Å². The third kappa shape index (κ3) is 4.40. The Balaban J connectivity index is 1.15. The first-order valence-corrected chi connectivity index (χ1v) is 17.7. The summed E-state index contributed by atoms with van der Waals surface area (Å²) in [5.74, 6) is 2.03. The van der Waals surface area contributed by atoms with Crippen molar-refractivity contribution in [3.05, 3.63) is 18.1 Å². The van der Waals surface area contributed by atoms with E-state index in [1.54, 1.807) is 19.8 Å². The maximum Gasteiger partial charge on any atom is 0.303 e. The third-order valence-corrected chi connectivity index (χ3v) is 14.8. The van der Waals surface area contributed by atoms with Crippen LogP contribution in [-0.4, -0.2) is 78.0 Å². The minimum absolute atomic E-state index is 0.0512. The Labute approximate surface area is 271 Å². The molecular formula is C37H58NO7. The molecule has 0 aromatic rings. The Morgan fingerprint density at radius 2 is 1.87 bits per heavy atom. The van der Waals surface area contributed by atoms with Crippen molar-refractivity contribution < 1.29 is 34.0 Å². The number of likely N-dealkylation sites (N-methyl/N-ethyl adjacent to an activating group) is 1. The van der Waals surface area contributed by atoms with Crippen LogP contribution in [0.15, 0.2) is 0 Å². The van der Waals surface area contributed by atoms with Gasteiger partial charge in [-0.25, -0.2) is 0 Å². The molecule has 1 unspecified atom stereocenters. The van der Waals surface area contributed by atoms with Crippen molar-refractivity contribution in [2.75, 3.05) is 26.7 Å². The van der Waals surface area contributed by atoms with E-state index in [4.69, 9.17) is 18.9 Å². The lowest BCUT2D eigenvalue weighted by atomic mass is 9.41. The molecule has 253 valence electrons. The first kappa shape index (κ1) is 32.8. The molecule has 5 saturated carbocycles. The van der Waals surface area contributed by atoms with Crippen LogP contribution in [0.3, 0.4) is 0 Å². The van der Waals surface area contributed by atoms with E-state index in [9.17, 15) is 15.0 Å². The van der Waals surface area contributed by atoms with Gasteiger partial charge < -0.3 is 29.2 Å². The van der Waals surface area contributed by atoms with Crippen molar-refractivity contribution in [2.45, 2.75) is 137 Å². The van der Waals surface area contributed by atoms with Crippen LogP contribution in [-0.2, 0) is 23.7 Å². The molecule has 0 amide bonds. The number of carbonyl (C=O) groups is 1. The zero-order valence-electron chi connectivity index (χ0n) is 29.2. The number of ether oxygens (including phenoxy) is 4. The molecule has 7 fully saturated rings. The quantitative estimate of drug-likeness (QED) is 0.388. The second kappa shape index (κ2) is 10.4. The Morgan fingerprint density at radius 1 is 1.13 bits per heavy atom. The fourth-order valence-electron chi connectivity index (χ4n) is 12.6. The molecule has 2 aliphatic heterocycles. The van der Waals surface area contributed by atoms with Gasteiger partial charge in [0.05, 0.1) is 24.4 Å². The van der Waals surface area contributed by atoms with Crippen LogP contribution in [0.1, 0.15) is 107 Å². The summed E-state index contributed by atoms with van der Waals surface area (Å²) in [7, 11) is 2.14. The predicted octanol–water partition coefficient (Wildman–Crippen LogP) is 5.46. The number of carbonyl (C=O) groups excluding carboxylic acids is 1. The number of morpholine rings is 1. The summed E-state index contributed by atoms with van der Waals surface area (Å²) in [6.07, 6.45) is 8.20. The van der Waals surface area contributed by atoms with Gasteiger partial charge in [-0.05, 0) is 112 Å². The van der Waals surface area contributed by atoms with E-state index in [1.807, 2.05) is 0 Å². The summed E-state index contributed by atoms with van der Waals surface area (Å²) in [5.41, 5.74) is -1.32. The Hall–Kier alpha value is -0.770. The summed E-state index contributed by atoms with van der Waals surface area (Å²) < 4.78 is 25.1. The molecule has 8 heteroatoms. The minimum Gasteiger partial charge on any atom is -0.456 e. The average Bonchev–Trinajstić information content (AvgIpc) is 3.57. The molecule has 0 aromatic carbocycles. The molecule has 11 atom stereocenters. The highest BCUT2D eigenvalue weighted by Crippen LogP contribution is 2.90. The van der Waals surface area contributed by atoms with E-state index in [0.29, 0.717) is 18.4 Å². The second-order valence-corrected chi connectivity index (χ2v) is 17.8. The van der Waals surface area contributed by atoms with Crippen LogP contribution < -0.4 is 0 Å². The smallest absolute Gasteiger partial charge is 0.303 e. The highest BCUT2D eigenvalue weighted by molar-refractivity contribution is 5.66. The van der Waals surface area contributed by atoms with Crippen LogP contribution in [0, 0.1) is 63.0 Å². The summed E-state index contributed by atoms with van der Waals surface area (Å²) in [6.45, 7) is 19.1. The number of rotatable bonds is 5. The topological polar surface area (TPSA) is 97.7 Å². The molecule has 3 radical (unpaired) electrons. The maximum absolute atomic E-state index is 12.5. The first-order chi connectivity index (χ1) is 20.9. The van der Waals surface area contributed by atoms with Crippen molar-refractivity contribution in [3.63, 3.8) is 0 Å². The monoisotopic (exact) mass is 628 g/mol. The van der Waals surface area contributed by atoms with Gasteiger partial charge >= 0.3 is 5.97 Å². The number of fused-ring (bicyclic) bond motifs is 4. The summed E-state index contributed by atoms with van der Waals surface area (Å²) in [6, 6.07) is 0. The summed E-state index contributed by atoms with van der Waals surface area (Å²) in [5, 5.41) is 23.4. The molecule has 7 aliphatic rings. The summed E-state index contributed by atoms with van der Waals surface area (Å²) >= 11 is 0. The number of esters is 1. The van der Waals surface area contributed by atoms with Crippen LogP contribution in [0.4, 0.5) is 0 Å². The molecule has 0 bridgehead atoms. The number of nitrogens with zero attached hydrogens (tertiary/aromatic N) is 1. The molecule has 2 spiro atoms. The standard InChI is InChI=1S/C37H58NO7/c1-21-18-23(31(33(5,6)41)43-22(2)39)44-29-28(21)34(7)14-15-37-20-36(37)13-12-26(45-27-19-38(9)16-17-42-27)32(3,4)24(36)10-11-25(37)35(34,8)30(29)40/h21,24,26-28,30-31,40-41H,10-20H2,1-9H3/t21-,24+,26?,27+,28+,30+,31+,34-,35-,36-,37+/m1/s1. The zero-order valence-corrected chi connectivity index (χ0v) is 29.2. The van der Waals surface area contributed by atoms with Crippen molar-refractivity contribution in [2.24, 2.45) is 44.8 Å². The maximum atomic E-state index is 12.5. The van der Waals surface area contributed by atoms with E-state index < -0.39 is 29.2 Å². The van der Waals surface area contributed by atoms with E-state index >= 15 is 0 Å². The van der Waals surface area contributed by atoms with Crippen molar-refractivity contribution in [3.8, 4) is 0 Å². The Bertz CT molecular complexity index is 1190. The van der Waals surface area contributed by atoms with Crippen molar-refractivity contribution in [1.82, 2.24) is 4.90 Å². The second-order valence-electron chi connectivity index (χ2n) is 17.8. The van der Waals surface area contributed by atoms with Crippen molar-refractivity contribution >= 4 is 5.97 Å². The fraction of sp³-hybridized carbons (Fsp3) is 0.892. The minimum atomic E-state index is -1.30. The van der Waals surface area contributed by atoms with Crippen molar-refractivity contribution in [1.29, 1.82) is 0 Å². The highest BCUT2D eigenvalue weighted by Gasteiger charge is 2.85. The molecule has 45 heavy (non-hydrogen) atoms. The van der Waals surface area contributed by atoms with Gasteiger partial charge in [0.1, 0.15) is 12.2 Å². The van der Waals surface area contributed by atoms with Gasteiger partial charge in [-0.2, -0.15) is 0 Å². The fourth-order valence-corrected chi connectivity index (χ4v) is 12.6. The third-order valence-electron chi connectivity index (χ3n) is 14.8. The zero-order chi connectivity index (χ0) is 32.5. The number of hydrogen-bond acceptors (Lipinski definition) is 8. The van der Waals surface area contributed by atoms with Crippen LogP contribution in [0.25, 0.3) is 0 Å². The predicted molar refractivity (Wildman–Crippen MR) is 169 cm³/mol. The molecule has 2 heterocycles. The van der Waals surface area contributed by atoms with E-state index in [-0.39, 0.29) is 45.9 Å². The Morgan fingerprint density at radius 3 is 2.53 bits per heavy atom. The van der Waals surface area contributed by atoms with Gasteiger partial charge in [0, 0.05) is 31.3 Å². The van der Waals surface area contributed by atoms with Gasteiger partial charge in [0.2, 0.25) is 0 Å². The molecule has 2 N–H and O–H groups in total. The van der Waals surface area contributed by atoms with Gasteiger partial charge in [0.15, 0.2) is 12.4 Å². The molecule has 5 aliphatic carbocycles. The van der Waals surface area contributed by atoms with E-state index in [1.165, 1.54) is 26.2 Å². The molecule has 8 nitrogen and oxygen atoms in total. The Kier molecular flexibility index (Phi) is 7.55. The van der Waals surface area contributed by atoms with Crippen LogP contribution in [0.2, 0.25) is 0 Å².